The summed E-state index contributed by atoms with van der Waals surface area (Å²) in [7, 11) is 3.03. The van der Waals surface area contributed by atoms with Crippen molar-refractivity contribution in [3.63, 3.8) is 0 Å². The number of fused-ring (bicyclic) bond motifs is 1. The minimum Gasteiger partial charge on any atom is -0.497 e. The van der Waals surface area contributed by atoms with Gasteiger partial charge in [0.2, 0.25) is 17.7 Å². The Morgan fingerprint density at radius 3 is 2.32 bits per heavy atom. The Morgan fingerprint density at radius 2 is 1.60 bits per heavy atom. The molecule has 6 aromatic rings. The Kier molecular flexibility index (Phi) is 10.0. The third-order valence-electron chi connectivity index (χ3n) is 8.43. The first kappa shape index (κ1) is 34.8. The second-order valence-electron chi connectivity index (χ2n) is 11.9. The summed E-state index contributed by atoms with van der Waals surface area (Å²) in [6.07, 6.45) is 1.55. The van der Waals surface area contributed by atoms with E-state index in [4.69, 9.17) is 13.9 Å². The number of para-hydroxylation sites is 2. The third-order valence-corrected chi connectivity index (χ3v) is 9.62. The Hall–Kier alpha value is -6.66. The molecule has 4 amide bonds. The van der Waals surface area contributed by atoms with Crippen LogP contribution < -0.4 is 25.0 Å². The number of methoxy groups -OCH3 is 2. The molecule has 1 aromatic heterocycles. The van der Waals surface area contributed by atoms with E-state index in [0.29, 0.717) is 45.5 Å². The van der Waals surface area contributed by atoms with E-state index < -0.39 is 17.1 Å². The highest BCUT2D eigenvalue weighted by atomic mass is 32.2. The molecule has 0 aliphatic carbocycles. The van der Waals surface area contributed by atoms with Gasteiger partial charge in [-0.2, -0.15) is 0 Å². The van der Waals surface area contributed by atoms with E-state index in [9.17, 15) is 19.2 Å². The summed E-state index contributed by atoms with van der Waals surface area (Å²) in [5, 5.41) is 4.93. The van der Waals surface area contributed by atoms with E-state index in [1.54, 1.807) is 97.1 Å². The van der Waals surface area contributed by atoms with Gasteiger partial charge >= 0.3 is 0 Å². The second kappa shape index (κ2) is 15.3. The number of imide groups is 1. The van der Waals surface area contributed by atoms with Gasteiger partial charge in [-0.15, -0.1) is 11.8 Å². The molecule has 11 nitrogen and oxygen atoms in total. The molecule has 12 heteroatoms. The standard InChI is InChI=1S/C41H32N4O7S/c1-50-30-18-21-34(51-2)27(22-30)23-33(43-38(47)25-8-4-3-5-9-25)39(48)42-28-14-19-31(20-15-28)53-36-24-37(46)45(41(36)49)29-16-12-26(13-17-29)40-44-32-10-6-7-11-35(32)52-40/h3-23,36H,24H2,1-2H3,(H,42,48)(H,43,47)/b33-23-. The second-order valence-corrected chi connectivity index (χ2v) is 13.2. The van der Waals surface area contributed by atoms with E-state index in [1.165, 1.54) is 37.0 Å². The largest absolute Gasteiger partial charge is 0.497 e. The van der Waals surface area contributed by atoms with E-state index in [-0.39, 0.29) is 23.9 Å². The first-order chi connectivity index (χ1) is 25.8. The number of carbonyl (C=O) groups excluding carboxylic acids is 4. The fourth-order valence-electron chi connectivity index (χ4n) is 5.75. The number of anilines is 2. The van der Waals surface area contributed by atoms with Crippen LogP contribution in [-0.4, -0.2) is 48.1 Å². The van der Waals surface area contributed by atoms with Crippen LogP contribution >= 0.6 is 11.8 Å². The highest BCUT2D eigenvalue weighted by molar-refractivity contribution is 8.00. The van der Waals surface area contributed by atoms with Crippen molar-refractivity contribution in [1.29, 1.82) is 0 Å². The zero-order valence-corrected chi connectivity index (χ0v) is 29.4. The van der Waals surface area contributed by atoms with Crippen LogP contribution in [0.2, 0.25) is 0 Å². The first-order valence-electron chi connectivity index (χ1n) is 16.5. The summed E-state index contributed by atoms with van der Waals surface area (Å²) in [5.41, 5.74) is 3.92. The number of amides is 4. The van der Waals surface area contributed by atoms with Gasteiger partial charge in [0.25, 0.3) is 11.8 Å². The van der Waals surface area contributed by atoms with Gasteiger partial charge in [0.1, 0.15) is 22.7 Å². The topological polar surface area (TPSA) is 140 Å². The molecule has 1 aliphatic heterocycles. The summed E-state index contributed by atoms with van der Waals surface area (Å²) in [6.45, 7) is 0. The lowest BCUT2D eigenvalue weighted by Gasteiger charge is -2.15. The number of nitrogens with one attached hydrogen (secondary N) is 2. The van der Waals surface area contributed by atoms with E-state index in [0.717, 1.165) is 16.0 Å². The molecule has 2 N–H and O–H groups in total. The molecule has 1 aliphatic rings. The van der Waals surface area contributed by atoms with Crippen molar-refractivity contribution in [3.8, 4) is 23.0 Å². The van der Waals surface area contributed by atoms with Crippen LogP contribution in [0.4, 0.5) is 11.4 Å². The van der Waals surface area contributed by atoms with Crippen LogP contribution in [0, 0.1) is 0 Å². The normalized spacial score (nSPS) is 14.3. The van der Waals surface area contributed by atoms with Gasteiger partial charge < -0.3 is 24.5 Å². The Balaban J connectivity index is 1.03. The Bertz CT molecular complexity index is 2320. The highest BCUT2D eigenvalue weighted by Gasteiger charge is 2.40. The average Bonchev–Trinajstić information content (AvgIpc) is 3.75. The van der Waals surface area contributed by atoms with Crippen molar-refractivity contribution >= 4 is 63.9 Å². The average molecular weight is 725 g/mol. The van der Waals surface area contributed by atoms with Crippen molar-refractivity contribution in [1.82, 2.24) is 10.3 Å². The molecule has 0 saturated carbocycles. The number of aromatic nitrogens is 1. The quantitative estimate of drug-likeness (QED) is 0.104. The zero-order chi connectivity index (χ0) is 36.9. The molecule has 0 bridgehead atoms. The first-order valence-corrected chi connectivity index (χ1v) is 17.4. The fraction of sp³-hybridized carbons (Fsp3) is 0.0976. The van der Waals surface area contributed by atoms with Crippen molar-refractivity contribution in [2.45, 2.75) is 16.6 Å². The molecule has 0 spiro atoms. The maximum atomic E-state index is 13.6. The van der Waals surface area contributed by atoms with Gasteiger partial charge in [0.05, 0.1) is 25.2 Å². The molecule has 5 aromatic carbocycles. The summed E-state index contributed by atoms with van der Waals surface area (Å²) >= 11 is 1.27. The van der Waals surface area contributed by atoms with Crippen molar-refractivity contribution in [2.24, 2.45) is 0 Å². The molecule has 53 heavy (non-hydrogen) atoms. The van der Waals surface area contributed by atoms with Crippen molar-refractivity contribution in [3.05, 3.63) is 138 Å². The molecule has 7 rings (SSSR count). The number of oxazole rings is 1. The minimum absolute atomic E-state index is 0.0269. The lowest BCUT2D eigenvalue weighted by atomic mass is 10.1. The maximum absolute atomic E-state index is 13.6. The Morgan fingerprint density at radius 1 is 0.868 bits per heavy atom. The van der Waals surface area contributed by atoms with E-state index >= 15 is 0 Å². The Labute approximate surface area is 308 Å². The van der Waals surface area contributed by atoms with E-state index in [2.05, 4.69) is 15.6 Å². The number of hydrogen-bond acceptors (Lipinski definition) is 9. The van der Waals surface area contributed by atoms with Crippen molar-refractivity contribution < 1.29 is 33.1 Å². The summed E-state index contributed by atoms with van der Waals surface area (Å²) in [4.78, 5) is 59.7. The monoisotopic (exact) mass is 724 g/mol. The number of ether oxygens (including phenoxy) is 2. The molecule has 0 radical (unpaired) electrons. The summed E-state index contributed by atoms with van der Waals surface area (Å²) < 4.78 is 16.7. The smallest absolute Gasteiger partial charge is 0.272 e. The SMILES string of the molecule is COc1ccc(OC)c(/C=C(\NC(=O)c2ccccc2)C(=O)Nc2ccc(SC3CC(=O)N(c4ccc(-c5nc6ccccc6o5)cc4)C3=O)cc2)c1. The molecule has 1 atom stereocenters. The number of rotatable bonds is 11. The number of benzene rings is 5. The van der Waals surface area contributed by atoms with Crippen LogP contribution in [0.1, 0.15) is 22.3 Å². The van der Waals surface area contributed by atoms with Gasteiger partial charge in [-0.05, 0) is 97.1 Å². The van der Waals surface area contributed by atoms with Gasteiger partial charge in [-0.25, -0.2) is 9.88 Å². The highest BCUT2D eigenvalue weighted by Crippen LogP contribution is 2.35. The van der Waals surface area contributed by atoms with Gasteiger partial charge in [0.15, 0.2) is 5.58 Å². The van der Waals surface area contributed by atoms with Gasteiger partial charge in [0, 0.05) is 33.7 Å². The predicted octanol–water partition coefficient (Wildman–Crippen LogP) is 7.35. The summed E-state index contributed by atoms with van der Waals surface area (Å²) in [6, 6.07) is 35.0. The van der Waals surface area contributed by atoms with Crippen LogP contribution in [-0.2, 0) is 14.4 Å². The number of nitrogens with zero attached hydrogens (tertiary/aromatic N) is 2. The molecule has 1 saturated heterocycles. The fourth-order valence-corrected chi connectivity index (χ4v) is 6.80. The van der Waals surface area contributed by atoms with Gasteiger partial charge in [-0.3, -0.25) is 19.2 Å². The van der Waals surface area contributed by atoms with Crippen molar-refractivity contribution in [2.75, 3.05) is 24.4 Å². The molecular formula is C41H32N4O7S. The number of carbonyl (C=O) groups is 4. The lowest BCUT2D eigenvalue weighted by molar-refractivity contribution is -0.121. The molecule has 1 unspecified atom stereocenters. The predicted molar refractivity (Wildman–Crippen MR) is 203 cm³/mol. The van der Waals surface area contributed by atoms with Crippen LogP contribution in [0.3, 0.4) is 0 Å². The van der Waals surface area contributed by atoms with E-state index in [1.807, 2.05) is 24.3 Å². The molecular weight excluding hydrogens is 693 g/mol. The van der Waals surface area contributed by atoms with Crippen LogP contribution in [0.15, 0.2) is 136 Å². The maximum Gasteiger partial charge on any atom is 0.272 e. The summed E-state index contributed by atoms with van der Waals surface area (Å²) in [5.74, 6) is -0.190. The van der Waals surface area contributed by atoms with Crippen LogP contribution in [0.5, 0.6) is 11.5 Å². The third kappa shape index (κ3) is 7.67. The molecule has 1 fully saturated rings. The van der Waals surface area contributed by atoms with Gasteiger partial charge in [-0.1, -0.05) is 30.3 Å². The lowest BCUT2D eigenvalue weighted by Crippen LogP contribution is -2.31. The zero-order valence-electron chi connectivity index (χ0n) is 28.6. The number of hydrogen-bond donors (Lipinski definition) is 2. The molecule has 264 valence electrons. The minimum atomic E-state index is -0.625. The van der Waals surface area contributed by atoms with Crippen LogP contribution in [0.25, 0.3) is 28.6 Å². The number of thioether (sulfide) groups is 1. The molecule has 2 heterocycles.